The van der Waals surface area contributed by atoms with Gasteiger partial charge in [0.25, 0.3) is 5.91 Å². The minimum atomic E-state index is -0.412. The molecule has 0 fully saturated rings. The number of hydrogen-bond donors (Lipinski definition) is 2. The number of halogens is 1. The molecule has 0 atom stereocenters. The molecular weight excluding hydrogens is 392 g/mol. The van der Waals surface area contributed by atoms with Gasteiger partial charge in [0.15, 0.2) is 18.1 Å². The van der Waals surface area contributed by atoms with E-state index < -0.39 is 5.91 Å². The highest BCUT2D eigenvalue weighted by molar-refractivity contribution is 6.32. The number of benzene rings is 3. The van der Waals surface area contributed by atoms with E-state index in [9.17, 15) is 9.90 Å². The normalized spacial score (nSPS) is 10.7. The van der Waals surface area contributed by atoms with E-state index in [1.807, 2.05) is 54.6 Å². The Hall–Kier alpha value is -3.51. The van der Waals surface area contributed by atoms with Crippen molar-refractivity contribution in [3.63, 3.8) is 0 Å². The van der Waals surface area contributed by atoms with Gasteiger partial charge in [-0.2, -0.15) is 5.10 Å². The first-order valence-corrected chi connectivity index (χ1v) is 9.11. The molecule has 6 nitrogen and oxygen atoms in total. The second kappa shape index (κ2) is 9.61. The highest BCUT2D eigenvalue weighted by Gasteiger charge is 2.08. The van der Waals surface area contributed by atoms with Crippen LogP contribution in [0.3, 0.4) is 0 Å². The lowest BCUT2D eigenvalue weighted by atomic mass is 10.1. The quantitative estimate of drug-likeness (QED) is 0.450. The number of hydrogen-bond acceptors (Lipinski definition) is 5. The zero-order valence-electron chi connectivity index (χ0n) is 15.6. The topological polar surface area (TPSA) is 80.2 Å². The van der Waals surface area contributed by atoms with Gasteiger partial charge >= 0.3 is 0 Å². The van der Waals surface area contributed by atoms with Crippen LogP contribution < -0.4 is 14.9 Å². The van der Waals surface area contributed by atoms with Crippen LogP contribution >= 0.6 is 11.6 Å². The Kier molecular flexibility index (Phi) is 6.71. The van der Waals surface area contributed by atoms with Gasteiger partial charge in [0.1, 0.15) is 5.75 Å². The molecule has 0 bridgehead atoms. The Morgan fingerprint density at radius 2 is 1.79 bits per heavy atom. The molecule has 0 aliphatic rings. The fraction of sp³-hybridized carbons (Fsp3) is 0.0909. The summed E-state index contributed by atoms with van der Waals surface area (Å²) >= 11 is 5.91. The molecule has 3 aromatic carbocycles. The van der Waals surface area contributed by atoms with Gasteiger partial charge in [-0.15, -0.1) is 0 Å². The number of methoxy groups -OCH3 is 1. The molecular formula is C22H19ClN2O4. The molecule has 0 saturated heterocycles. The van der Waals surface area contributed by atoms with Gasteiger partial charge in [0, 0.05) is 0 Å². The minimum absolute atomic E-state index is 0.124. The zero-order chi connectivity index (χ0) is 20.6. The van der Waals surface area contributed by atoms with Crippen LogP contribution in [0.2, 0.25) is 5.02 Å². The lowest BCUT2D eigenvalue weighted by Gasteiger charge is -2.07. The Balaban J connectivity index is 1.51. The van der Waals surface area contributed by atoms with Crippen molar-refractivity contribution < 1.29 is 19.4 Å². The largest absolute Gasteiger partial charge is 0.503 e. The standard InChI is InChI=1S/C22H19ClN2O4/c1-28-20-12-15(11-19(23)22(20)27)13-24-25-21(26)14-29-18-9-7-17(8-10-18)16-5-3-2-4-6-16/h2-13,27H,14H2,1H3,(H,25,26). The number of phenols is 1. The molecule has 29 heavy (non-hydrogen) atoms. The lowest BCUT2D eigenvalue weighted by Crippen LogP contribution is -2.24. The lowest BCUT2D eigenvalue weighted by molar-refractivity contribution is -0.123. The average Bonchev–Trinajstić information content (AvgIpc) is 2.75. The van der Waals surface area contributed by atoms with Crippen molar-refractivity contribution in [2.24, 2.45) is 5.10 Å². The maximum atomic E-state index is 11.9. The minimum Gasteiger partial charge on any atom is -0.503 e. The predicted molar refractivity (Wildman–Crippen MR) is 113 cm³/mol. The number of amides is 1. The summed E-state index contributed by atoms with van der Waals surface area (Å²) in [5.74, 6) is 0.235. The van der Waals surface area contributed by atoms with Gasteiger partial charge < -0.3 is 14.6 Å². The molecule has 0 aliphatic carbocycles. The van der Waals surface area contributed by atoms with Crippen LogP contribution in [0.1, 0.15) is 5.56 Å². The van der Waals surface area contributed by atoms with Gasteiger partial charge in [0.05, 0.1) is 18.3 Å². The number of carbonyl (C=O) groups is 1. The fourth-order valence-electron chi connectivity index (χ4n) is 2.56. The summed E-state index contributed by atoms with van der Waals surface area (Å²) in [6.07, 6.45) is 1.39. The summed E-state index contributed by atoms with van der Waals surface area (Å²) in [6.45, 7) is -0.179. The third kappa shape index (κ3) is 5.49. The van der Waals surface area contributed by atoms with E-state index in [-0.39, 0.29) is 23.1 Å². The van der Waals surface area contributed by atoms with Crippen LogP contribution in [0.4, 0.5) is 0 Å². The van der Waals surface area contributed by atoms with Crippen molar-refractivity contribution in [2.75, 3.05) is 13.7 Å². The fourth-order valence-corrected chi connectivity index (χ4v) is 2.78. The van der Waals surface area contributed by atoms with Crippen LogP contribution in [0.15, 0.2) is 71.8 Å². The van der Waals surface area contributed by atoms with Crippen LogP contribution in [-0.2, 0) is 4.79 Å². The molecule has 3 aromatic rings. The van der Waals surface area contributed by atoms with E-state index in [2.05, 4.69) is 10.5 Å². The van der Waals surface area contributed by atoms with E-state index in [0.717, 1.165) is 11.1 Å². The summed E-state index contributed by atoms with van der Waals surface area (Å²) < 4.78 is 10.5. The van der Waals surface area contributed by atoms with Gasteiger partial charge in [-0.1, -0.05) is 54.1 Å². The SMILES string of the molecule is COc1cc(C=NNC(=O)COc2ccc(-c3ccccc3)cc2)cc(Cl)c1O. The second-order valence-electron chi connectivity index (χ2n) is 6.03. The third-order valence-electron chi connectivity index (χ3n) is 4.00. The van der Waals surface area contributed by atoms with E-state index in [1.54, 1.807) is 6.07 Å². The number of rotatable bonds is 7. The second-order valence-corrected chi connectivity index (χ2v) is 6.43. The monoisotopic (exact) mass is 410 g/mol. The van der Waals surface area contributed by atoms with Crippen molar-refractivity contribution in [1.29, 1.82) is 0 Å². The number of phenolic OH excluding ortho intramolecular Hbond substituents is 1. The molecule has 0 aromatic heterocycles. The third-order valence-corrected chi connectivity index (χ3v) is 4.29. The van der Waals surface area contributed by atoms with Gasteiger partial charge in [-0.05, 0) is 41.0 Å². The molecule has 3 rings (SSSR count). The van der Waals surface area contributed by atoms with E-state index in [4.69, 9.17) is 21.1 Å². The van der Waals surface area contributed by atoms with Gasteiger partial charge in [-0.25, -0.2) is 5.43 Å². The van der Waals surface area contributed by atoms with Crippen LogP contribution in [0, 0.1) is 0 Å². The first-order chi connectivity index (χ1) is 14.1. The Morgan fingerprint density at radius 1 is 1.10 bits per heavy atom. The summed E-state index contributed by atoms with van der Waals surface area (Å²) in [5, 5.41) is 13.7. The Morgan fingerprint density at radius 3 is 2.48 bits per heavy atom. The average molecular weight is 411 g/mol. The highest BCUT2D eigenvalue weighted by atomic mass is 35.5. The number of carbonyl (C=O) groups excluding carboxylic acids is 1. The molecule has 0 aliphatic heterocycles. The number of hydrazone groups is 1. The van der Waals surface area contributed by atoms with Crippen molar-refractivity contribution in [3.05, 3.63) is 77.3 Å². The van der Waals surface area contributed by atoms with Gasteiger partial charge in [-0.3, -0.25) is 4.79 Å². The molecule has 148 valence electrons. The maximum absolute atomic E-state index is 11.9. The van der Waals surface area contributed by atoms with Crippen molar-refractivity contribution in [3.8, 4) is 28.4 Å². The van der Waals surface area contributed by atoms with E-state index >= 15 is 0 Å². The molecule has 1 amide bonds. The predicted octanol–water partition coefficient (Wildman–Crippen LogP) is 4.25. The highest BCUT2D eigenvalue weighted by Crippen LogP contribution is 2.34. The summed E-state index contributed by atoms with van der Waals surface area (Å²) in [7, 11) is 1.41. The molecule has 0 spiro atoms. The summed E-state index contributed by atoms with van der Waals surface area (Å²) in [6, 6.07) is 20.5. The molecule has 7 heteroatoms. The molecule has 0 radical (unpaired) electrons. The summed E-state index contributed by atoms with van der Waals surface area (Å²) in [4.78, 5) is 11.9. The maximum Gasteiger partial charge on any atom is 0.277 e. The van der Waals surface area contributed by atoms with Crippen LogP contribution in [0.25, 0.3) is 11.1 Å². The van der Waals surface area contributed by atoms with Crippen LogP contribution in [-0.4, -0.2) is 30.9 Å². The molecule has 0 unspecified atom stereocenters. The Bertz CT molecular complexity index is 1010. The first kappa shape index (κ1) is 20.2. The summed E-state index contributed by atoms with van der Waals surface area (Å²) in [5.41, 5.74) is 5.10. The number of nitrogens with one attached hydrogen (secondary N) is 1. The Labute approximate surface area is 173 Å². The zero-order valence-corrected chi connectivity index (χ0v) is 16.4. The van der Waals surface area contributed by atoms with E-state index in [1.165, 1.54) is 19.4 Å². The van der Waals surface area contributed by atoms with Gasteiger partial charge in [0.2, 0.25) is 0 Å². The number of aromatic hydroxyl groups is 1. The molecule has 0 heterocycles. The molecule has 2 N–H and O–H groups in total. The van der Waals surface area contributed by atoms with E-state index in [0.29, 0.717) is 11.3 Å². The smallest absolute Gasteiger partial charge is 0.277 e. The van der Waals surface area contributed by atoms with Crippen LogP contribution in [0.5, 0.6) is 17.2 Å². The molecule has 0 saturated carbocycles. The number of nitrogens with zero attached hydrogens (tertiary/aromatic N) is 1. The van der Waals surface area contributed by atoms with Crippen molar-refractivity contribution in [2.45, 2.75) is 0 Å². The van der Waals surface area contributed by atoms with Crippen molar-refractivity contribution in [1.82, 2.24) is 5.43 Å². The number of ether oxygens (including phenoxy) is 2. The van der Waals surface area contributed by atoms with Crippen molar-refractivity contribution >= 4 is 23.7 Å². The first-order valence-electron chi connectivity index (χ1n) is 8.73.